The van der Waals surface area contributed by atoms with E-state index in [1.807, 2.05) is 0 Å². The molecule has 0 spiro atoms. The lowest BCUT2D eigenvalue weighted by molar-refractivity contribution is 0.0773. The molecule has 0 N–H and O–H groups in total. The SMILES string of the molecule is [CH]1C=C1C1CCOCC1. The fraction of sp³-hybridized carbons (Fsp3) is 0.625. The molecular formula is C8H11O. The van der Waals surface area contributed by atoms with Crippen LogP contribution in [0.25, 0.3) is 0 Å². The first-order chi connectivity index (χ1) is 4.47. The smallest absolute Gasteiger partial charge is 0.0471 e. The minimum Gasteiger partial charge on any atom is -0.381 e. The predicted octanol–water partition coefficient (Wildman–Crippen LogP) is 1.56. The quantitative estimate of drug-likeness (QED) is 0.514. The third kappa shape index (κ3) is 1.16. The molecule has 0 unspecified atom stereocenters. The van der Waals surface area contributed by atoms with E-state index in [2.05, 4.69) is 12.5 Å². The van der Waals surface area contributed by atoms with Crippen LogP contribution in [0.3, 0.4) is 0 Å². The highest BCUT2D eigenvalue weighted by Crippen LogP contribution is 2.33. The van der Waals surface area contributed by atoms with E-state index < -0.39 is 0 Å². The molecule has 0 atom stereocenters. The Kier molecular flexibility index (Phi) is 1.31. The molecule has 1 radical (unpaired) electrons. The third-order valence-corrected chi connectivity index (χ3v) is 2.05. The summed E-state index contributed by atoms with van der Waals surface area (Å²) < 4.78 is 5.24. The summed E-state index contributed by atoms with van der Waals surface area (Å²) in [6.45, 7) is 1.94. The van der Waals surface area contributed by atoms with E-state index in [1.54, 1.807) is 5.57 Å². The second-order valence-electron chi connectivity index (χ2n) is 2.72. The summed E-state index contributed by atoms with van der Waals surface area (Å²) in [6.07, 6.45) is 6.91. The van der Waals surface area contributed by atoms with Crippen LogP contribution >= 0.6 is 0 Å². The molecule has 1 heterocycles. The Hall–Kier alpha value is -0.300. The standard InChI is InChI=1S/C8H11O/c1-2-7(1)8-3-5-9-6-4-8/h1-2,8H,3-6H2. The summed E-state index contributed by atoms with van der Waals surface area (Å²) in [4.78, 5) is 0. The first-order valence-corrected chi connectivity index (χ1v) is 3.59. The molecule has 0 aromatic rings. The lowest BCUT2D eigenvalue weighted by atomic mass is 9.97. The molecule has 2 aliphatic rings. The van der Waals surface area contributed by atoms with Crippen LogP contribution in [0.4, 0.5) is 0 Å². The van der Waals surface area contributed by atoms with Crippen LogP contribution in [0.2, 0.25) is 0 Å². The lowest BCUT2D eigenvalue weighted by Gasteiger charge is -2.19. The number of hydrogen-bond donors (Lipinski definition) is 0. The van der Waals surface area contributed by atoms with Crippen molar-refractivity contribution in [3.05, 3.63) is 18.1 Å². The van der Waals surface area contributed by atoms with Crippen molar-refractivity contribution in [2.45, 2.75) is 12.8 Å². The molecule has 49 valence electrons. The van der Waals surface area contributed by atoms with Gasteiger partial charge in [0, 0.05) is 19.6 Å². The van der Waals surface area contributed by atoms with Crippen molar-refractivity contribution in [3.8, 4) is 0 Å². The van der Waals surface area contributed by atoms with Crippen LogP contribution in [-0.2, 0) is 4.74 Å². The maximum absolute atomic E-state index is 5.24. The highest BCUT2D eigenvalue weighted by molar-refractivity contribution is 5.40. The Labute approximate surface area is 55.7 Å². The average Bonchev–Trinajstić information content (AvgIpc) is 2.71. The minimum absolute atomic E-state index is 0.846. The van der Waals surface area contributed by atoms with Gasteiger partial charge in [-0.3, -0.25) is 0 Å². The van der Waals surface area contributed by atoms with Gasteiger partial charge in [0.2, 0.25) is 0 Å². The molecule has 0 saturated carbocycles. The van der Waals surface area contributed by atoms with Crippen LogP contribution in [0.5, 0.6) is 0 Å². The van der Waals surface area contributed by atoms with Crippen LogP contribution in [0.1, 0.15) is 12.8 Å². The fourth-order valence-electron chi connectivity index (χ4n) is 1.35. The Morgan fingerprint density at radius 2 is 2.00 bits per heavy atom. The molecule has 0 bridgehead atoms. The van der Waals surface area contributed by atoms with Gasteiger partial charge < -0.3 is 4.74 Å². The van der Waals surface area contributed by atoms with Crippen molar-refractivity contribution in [2.24, 2.45) is 5.92 Å². The number of rotatable bonds is 1. The number of allylic oxidation sites excluding steroid dienone is 2. The zero-order valence-electron chi connectivity index (χ0n) is 5.47. The van der Waals surface area contributed by atoms with E-state index in [0.717, 1.165) is 19.1 Å². The number of ether oxygens (including phenoxy) is 1. The fourth-order valence-corrected chi connectivity index (χ4v) is 1.35. The van der Waals surface area contributed by atoms with Crippen LogP contribution in [-0.4, -0.2) is 13.2 Å². The van der Waals surface area contributed by atoms with E-state index in [0.29, 0.717) is 0 Å². The normalized spacial score (nSPS) is 27.8. The molecule has 1 nitrogen and oxygen atoms in total. The van der Waals surface area contributed by atoms with Crippen LogP contribution < -0.4 is 0 Å². The molecule has 1 aliphatic heterocycles. The average molecular weight is 123 g/mol. The predicted molar refractivity (Wildman–Crippen MR) is 35.9 cm³/mol. The van der Waals surface area contributed by atoms with Crippen molar-refractivity contribution in [1.82, 2.24) is 0 Å². The number of hydrogen-bond acceptors (Lipinski definition) is 1. The monoisotopic (exact) mass is 123 g/mol. The van der Waals surface area contributed by atoms with E-state index in [-0.39, 0.29) is 0 Å². The molecule has 0 aromatic carbocycles. The van der Waals surface area contributed by atoms with Crippen molar-refractivity contribution < 1.29 is 4.74 Å². The van der Waals surface area contributed by atoms with Gasteiger partial charge in [0.1, 0.15) is 0 Å². The molecule has 1 aliphatic carbocycles. The maximum atomic E-state index is 5.24. The molecule has 9 heavy (non-hydrogen) atoms. The van der Waals surface area contributed by atoms with Crippen molar-refractivity contribution in [2.75, 3.05) is 13.2 Å². The summed E-state index contributed by atoms with van der Waals surface area (Å²) >= 11 is 0. The van der Waals surface area contributed by atoms with E-state index >= 15 is 0 Å². The lowest BCUT2D eigenvalue weighted by Crippen LogP contribution is -2.14. The Morgan fingerprint density at radius 1 is 1.33 bits per heavy atom. The Bertz CT molecular complexity index is 132. The van der Waals surface area contributed by atoms with Gasteiger partial charge in [0.25, 0.3) is 0 Å². The van der Waals surface area contributed by atoms with E-state index in [1.165, 1.54) is 12.8 Å². The van der Waals surface area contributed by atoms with Gasteiger partial charge >= 0.3 is 0 Å². The van der Waals surface area contributed by atoms with Gasteiger partial charge in [-0.1, -0.05) is 11.6 Å². The molecule has 0 aromatic heterocycles. The second kappa shape index (κ2) is 2.14. The molecule has 0 amide bonds. The van der Waals surface area contributed by atoms with E-state index in [9.17, 15) is 0 Å². The highest BCUT2D eigenvalue weighted by Gasteiger charge is 2.22. The summed E-state index contributed by atoms with van der Waals surface area (Å²) in [5.41, 5.74) is 1.57. The summed E-state index contributed by atoms with van der Waals surface area (Å²) in [5, 5.41) is 0. The Balaban J connectivity index is 1.87. The highest BCUT2D eigenvalue weighted by atomic mass is 16.5. The van der Waals surface area contributed by atoms with Crippen molar-refractivity contribution in [1.29, 1.82) is 0 Å². The molecular weight excluding hydrogens is 112 g/mol. The zero-order valence-corrected chi connectivity index (χ0v) is 5.47. The maximum Gasteiger partial charge on any atom is 0.0471 e. The first-order valence-electron chi connectivity index (χ1n) is 3.59. The summed E-state index contributed by atoms with van der Waals surface area (Å²) in [7, 11) is 0. The minimum atomic E-state index is 0.846. The first kappa shape index (κ1) is 5.48. The van der Waals surface area contributed by atoms with Crippen LogP contribution in [0, 0.1) is 12.3 Å². The van der Waals surface area contributed by atoms with Gasteiger partial charge in [-0.2, -0.15) is 0 Å². The van der Waals surface area contributed by atoms with Gasteiger partial charge in [0.15, 0.2) is 0 Å². The molecule has 2 rings (SSSR count). The summed E-state index contributed by atoms with van der Waals surface area (Å²) in [6, 6.07) is 0. The second-order valence-corrected chi connectivity index (χ2v) is 2.72. The van der Waals surface area contributed by atoms with Crippen LogP contribution in [0.15, 0.2) is 11.6 Å². The van der Waals surface area contributed by atoms with Crippen molar-refractivity contribution in [3.63, 3.8) is 0 Å². The molecule has 1 heteroatoms. The topological polar surface area (TPSA) is 9.23 Å². The van der Waals surface area contributed by atoms with Gasteiger partial charge in [-0.15, -0.1) is 0 Å². The third-order valence-electron chi connectivity index (χ3n) is 2.05. The molecule has 1 saturated heterocycles. The summed E-state index contributed by atoms with van der Waals surface area (Å²) in [5.74, 6) is 0.846. The van der Waals surface area contributed by atoms with Gasteiger partial charge in [-0.05, 0) is 18.8 Å². The Morgan fingerprint density at radius 3 is 2.56 bits per heavy atom. The largest absolute Gasteiger partial charge is 0.381 e. The zero-order chi connectivity index (χ0) is 6.10. The van der Waals surface area contributed by atoms with Gasteiger partial charge in [-0.25, -0.2) is 0 Å². The van der Waals surface area contributed by atoms with Gasteiger partial charge in [0.05, 0.1) is 0 Å². The van der Waals surface area contributed by atoms with E-state index in [4.69, 9.17) is 4.74 Å². The van der Waals surface area contributed by atoms with Crippen molar-refractivity contribution >= 4 is 0 Å². The molecule has 1 fully saturated rings.